The van der Waals surface area contributed by atoms with Crippen molar-refractivity contribution in [3.05, 3.63) is 12.7 Å². The number of ether oxygens (including phenoxy) is 1. The topological polar surface area (TPSA) is 96.9 Å². The molecular weight excluding hydrogens is 275 g/mol. The summed E-state index contributed by atoms with van der Waals surface area (Å²) in [5.74, 6) is -1.16. The summed E-state index contributed by atoms with van der Waals surface area (Å²) in [6.45, 7) is 7.78. The van der Waals surface area contributed by atoms with E-state index in [0.717, 1.165) is 12.8 Å². The van der Waals surface area contributed by atoms with Gasteiger partial charge in [0.2, 0.25) is 0 Å². The number of hydrogen-bond acceptors (Lipinski definition) is 5. The maximum Gasteiger partial charge on any atom is 0.407 e. The maximum atomic E-state index is 11.6. The maximum absolute atomic E-state index is 11.6. The van der Waals surface area contributed by atoms with Crippen molar-refractivity contribution < 1.29 is 24.1 Å². The van der Waals surface area contributed by atoms with E-state index in [1.54, 1.807) is 6.08 Å². The molecule has 3 N–H and O–H groups in total. The summed E-state index contributed by atoms with van der Waals surface area (Å²) < 4.78 is 9.70. The predicted molar refractivity (Wildman–Crippen MR) is 79.9 cm³/mol. The van der Waals surface area contributed by atoms with E-state index in [2.05, 4.69) is 21.8 Å². The van der Waals surface area contributed by atoms with E-state index in [9.17, 15) is 9.59 Å². The highest BCUT2D eigenvalue weighted by Crippen LogP contribution is 2.22. The molecule has 0 aromatic rings. The number of hydrogen-bond donors (Lipinski definition) is 3. The van der Waals surface area contributed by atoms with Gasteiger partial charge in [-0.25, -0.2) is 9.59 Å². The number of allylic oxidation sites excluding steroid dienone is 1. The Labute approximate surface area is 126 Å². The molecule has 0 saturated carbocycles. The third kappa shape index (κ3) is 9.92. The van der Waals surface area contributed by atoms with Gasteiger partial charge in [-0.1, -0.05) is 19.9 Å². The van der Waals surface area contributed by atoms with Gasteiger partial charge in [-0.15, -0.1) is 6.58 Å². The summed E-state index contributed by atoms with van der Waals surface area (Å²) in [6, 6.07) is -1.10. The Morgan fingerprint density at radius 2 is 2.14 bits per heavy atom. The summed E-state index contributed by atoms with van der Waals surface area (Å²) in [7, 11) is 2.66. The van der Waals surface area contributed by atoms with E-state index >= 15 is 0 Å². The van der Waals surface area contributed by atoms with E-state index in [-0.39, 0.29) is 18.6 Å². The Bertz CT molecular complexity index is 349. The lowest BCUT2D eigenvalue weighted by Gasteiger charge is -2.24. The molecule has 0 fully saturated rings. The predicted octanol–water partition coefficient (Wildman–Crippen LogP) is 0.928. The molecule has 0 spiro atoms. The average molecular weight is 299 g/mol. The van der Waals surface area contributed by atoms with Crippen LogP contribution in [-0.4, -0.2) is 51.1 Å². The van der Waals surface area contributed by atoms with Gasteiger partial charge >= 0.3 is 19.7 Å². The third-order valence-corrected chi connectivity index (χ3v) is 2.73. The average Bonchev–Trinajstić information content (AvgIpc) is 2.42. The molecule has 0 bridgehead atoms. The first kappa shape index (κ1) is 19.5. The third-order valence-electron chi connectivity index (χ3n) is 2.73. The van der Waals surface area contributed by atoms with Crippen LogP contribution >= 0.6 is 0 Å². The minimum atomic E-state index is -1.16. The number of rotatable bonds is 11. The first-order chi connectivity index (χ1) is 9.82. The first-order valence-corrected chi connectivity index (χ1v) is 6.67. The van der Waals surface area contributed by atoms with Crippen LogP contribution in [0.1, 0.15) is 26.7 Å². The highest BCUT2D eigenvalue weighted by molar-refractivity contribution is 6.23. The summed E-state index contributed by atoms with van der Waals surface area (Å²) in [6.07, 6.45) is 2.71. The van der Waals surface area contributed by atoms with Crippen LogP contribution in [0.3, 0.4) is 0 Å². The zero-order chi connectivity index (χ0) is 16.3. The van der Waals surface area contributed by atoms with E-state index < -0.39 is 18.1 Å². The van der Waals surface area contributed by atoms with Gasteiger partial charge in [-0.05, 0) is 18.3 Å². The van der Waals surface area contributed by atoms with Gasteiger partial charge in [-0.2, -0.15) is 0 Å². The fraction of sp³-hybridized carbons (Fsp3) is 0.692. The number of aliphatic carboxylic acids is 1. The number of alkyl carbamates (subject to hydrolysis) is 1. The van der Waals surface area contributed by atoms with Crippen molar-refractivity contribution in [3.8, 4) is 0 Å². The van der Waals surface area contributed by atoms with Gasteiger partial charge < -0.3 is 25.0 Å². The Kier molecular flexibility index (Phi) is 9.48. The first-order valence-electron chi connectivity index (χ1n) is 6.67. The number of carbonyl (C=O) groups is 2. The van der Waals surface area contributed by atoms with Gasteiger partial charge in [0, 0.05) is 13.7 Å². The van der Waals surface area contributed by atoms with Gasteiger partial charge in [0.05, 0.1) is 6.61 Å². The van der Waals surface area contributed by atoms with Crippen molar-refractivity contribution in [2.24, 2.45) is 5.41 Å². The molecule has 7 nitrogen and oxygen atoms in total. The molecule has 119 valence electrons. The van der Waals surface area contributed by atoms with Crippen LogP contribution < -0.4 is 10.5 Å². The van der Waals surface area contributed by atoms with Crippen LogP contribution in [0.25, 0.3) is 0 Å². The largest absolute Gasteiger partial charge is 0.480 e. The summed E-state index contributed by atoms with van der Waals surface area (Å²) >= 11 is 0. The van der Waals surface area contributed by atoms with Gasteiger partial charge in [-0.3, -0.25) is 0 Å². The molecule has 0 aromatic heterocycles. The van der Waals surface area contributed by atoms with Crippen molar-refractivity contribution in [1.82, 2.24) is 10.5 Å². The van der Waals surface area contributed by atoms with Crippen molar-refractivity contribution in [2.75, 3.05) is 20.3 Å². The molecular formula is C13H24BN2O5. The second-order valence-electron chi connectivity index (χ2n) is 5.36. The molecule has 21 heavy (non-hydrogen) atoms. The number of carbonyl (C=O) groups excluding carboxylic acids is 1. The zero-order valence-corrected chi connectivity index (χ0v) is 12.8. The number of nitrogens with one attached hydrogen (secondary N) is 2. The highest BCUT2D eigenvalue weighted by Gasteiger charge is 2.23. The van der Waals surface area contributed by atoms with Crippen molar-refractivity contribution in [3.63, 3.8) is 0 Å². The van der Waals surface area contributed by atoms with Crippen LogP contribution in [0.4, 0.5) is 4.79 Å². The Morgan fingerprint density at radius 1 is 1.48 bits per heavy atom. The lowest BCUT2D eigenvalue weighted by molar-refractivity contribution is -0.139. The Balaban J connectivity index is 4.19. The van der Waals surface area contributed by atoms with Crippen molar-refractivity contribution in [2.45, 2.75) is 32.7 Å². The van der Waals surface area contributed by atoms with Gasteiger partial charge in [0.1, 0.15) is 6.04 Å². The minimum Gasteiger partial charge on any atom is -0.480 e. The quantitative estimate of drug-likeness (QED) is 0.298. The minimum absolute atomic E-state index is 0.00185. The fourth-order valence-electron chi connectivity index (χ4n) is 1.46. The van der Waals surface area contributed by atoms with Crippen LogP contribution in [-0.2, 0) is 14.2 Å². The molecule has 0 heterocycles. The number of amides is 1. The van der Waals surface area contributed by atoms with E-state index in [0.29, 0.717) is 0 Å². The normalized spacial score (nSPS) is 12.3. The second-order valence-corrected chi connectivity index (χ2v) is 5.36. The molecule has 1 radical (unpaired) electrons. The van der Waals surface area contributed by atoms with Gasteiger partial charge in [0.15, 0.2) is 0 Å². The lowest BCUT2D eigenvalue weighted by Crippen LogP contribution is -2.48. The van der Waals surface area contributed by atoms with Crippen molar-refractivity contribution >= 4 is 19.7 Å². The zero-order valence-electron chi connectivity index (χ0n) is 12.8. The van der Waals surface area contributed by atoms with Crippen molar-refractivity contribution in [1.29, 1.82) is 0 Å². The summed E-state index contributed by atoms with van der Waals surface area (Å²) in [5.41, 5.74) is -0.188. The van der Waals surface area contributed by atoms with E-state index in [1.165, 1.54) is 14.7 Å². The molecule has 0 saturated heterocycles. The Hall–Kier alpha value is -1.54. The van der Waals surface area contributed by atoms with Crippen LogP contribution in [0.5, 0.6) is 0 Å². The number of carboxylic acids is 1. The fourth-order valence-corrected chi connectivity index (χ4v) is 1.46. The molecule has 0 rings (SSSR count). The summed E-state index contributed by atoms with van der Waals surface area (Å²) in [4.78, 5) is 22.6. The highest BCUT2D eigenvalue weighted by atomic mass is 16.5. The Morgan fingerprint density at radius 3 is 2.67 bits per heavy atom. The molecule has 0 aliphatic carbocycles. The van der Waals surface area contributed by atoms with E-state index in [1.807, 2.05) is 13.8 Å². The van der Waals surface area contributed by atoms with Crippen LogP contribution in [0.2, 0.25) is 0 Å². The summed E-state index contributed by atoms with van der Waals surface area (Å²) in [5, 5.41) is 13.9. The smallest absolute Gasteiger partial charge is 0.407 e. The standard InChI is InChI=1S/C13H24BN2O5/c1-5-6-7-13(2,3)9-21-12(19)16-10(11(17)18)8-15-14-20-4/h5,10,15H,1,6-9H2,2-4H3,(H,16,19)(H,17,18). The van der Waals surface area contributed by atoms with Gasteiger partial charge in [0.25, 0.3) is 0 Å². The molecule has 0 aliphatic heterocycles. The van der Waals surface area contributed by atoms with E-state index in [4.69, 9.17) is 9.84 Å². The molecule has 0 aromatic carbocycles. The molecule has 1 atom stereocenters. The molecule has 0 aliphatic rings. The van der Waals surface area contributed by atoms with Crippen LogP contribution in [0, 0.1) is 5.41 Å². The molecule has 1 amide bonds. The monoisotopic (exact) mass is 299 g/mol. The SMILES string of the molecule is C=CCCC(C)(C)COC(=O)NC(CN[B]OC)C(=O)O. The number of carboxylic acid groups (broad SMARTS) is 1. The molecule has 1 unspecified atom stereocenters. The van der Waals surface area contributed by atoms with Crippen LogP contribution in [0.15, 0.2) is 12.7 Å². The lowest BCUT2D eigenvalue weighted by atomic mass is 9.89. The molecule has 8 heteroatoms. The second kappa shape index (κ2) is 10.2.